The Hall–Kier alpha value is -1.24. The van der Waals surface area contributed by atoms with Crippen LogP contribution in [0.3, 0.4) is 0 Å². The van der Waals surface area contributed by atoms with E-state index in [4.69, 9.17) is 0 Å². The summed E-state index contributed by atoms with van der Waals surface area (Å²) in [4.78, 5) is 2.58. The molecule has 0 saturated carbocycles. The molecule has 0 bridgehead atoms. The average Bonchev–Trinajstić information content (AvgIpc) is 2.56. The van der Waals surface area contributed by atoms with E-state index in [1.807, 2.05) is 0 Å². The van der Waals surface area contributed by atoms with Crippen molar-refractivity contribution in [3.05, 3.63) is 35.9 Å². The first-order valence-electron chi connectivity index (χ1n) is 6.19. The first-order chi connectivity index (χ1) is 7.63. The highest BCUT2D eigenvalue weighted by atomic mass is 15.2. The van der Waals surface area contributed by atoms with Crippen molar-refractivity contribution in [1.82, 2.24) is 0 Å². The van der Waals surface area contributed by atoms with E-state index in [0.717, 1.165) is 5.92 Å². The Bertz CT molecular complexity index is 460. The van der Waals surface area contributed by atoms with E-state index < -0.39 is 0 Å². The summed E-state index contributed by atoms with van der Waals surface area (Å²) in [6.07, 6.45) is 3.77. The van der Waals surface area contributed by atoms with Gasteiger partial charge in [-0.05, 0) is 37.8 Å². The second kappa shape index (κ2) is 3.13. The highest BCUT2D eigenvalue weighted by Crippen LogP contribution is 2.46. The number of rotatable bonds is 0. The highest BCUT2D eigenvalue weighted by Gasteiger charge is 2.43. The molecule has 16 heavy (non-hydrogen) atoms. The van der Waals surface area contributed by atoms with E-state index in [-0.39, 0.29) is 5.54 Å². The molecule has 0 aromatic heterocycles. The molecule has 2 atom stereocenters. The van der Waals surface area contributed by atoms with Crippen LogP contribution in [0.15, 0.2) is 30.3 Å². The predicted octanol–water partition coefficient (Wildman–Crippen LogP) is 3.71. The summed E-state index contributed by atoms with van der Waals surface area (Å²) in [7, 11) is 0. The minimum atomic E-state index is 0.235. The first-order valence-corrected chi connectivity index (χ1v) is 6.19. The van der Waals surface area contributed by atoms with Gasteiger partial charge in [0.05, 0.1) is 5.54 Å². The van der Waals surface area contributed by atoms with Crippen LogP contribution in [0, 0.1) is 5.92 Å². The van der Waals surface area contributed by atoms with Crippen LogP contribution in [0.4, 0.5) is 5.69 Å². The third kappa shape index (κ3) is 1.12. The normalized spacial score (nSPS) is 32.1. The second-order valence-corrected chi connectivity index (χ2v) is 5.41. The van der Waals surface area contributed by atoms with E-state index >= 15 is 0 Å². The van der Waals surface area contributed by atoms with E-state index in [1.165, 1.54) is 29.8 Å². The van der Waals surface area contributed by atoms with Crippen molar-refractivity contribution in [2.24, 2.45) is 5.92 Å². The molecule has 1 aromatic rings. The molecule has 1 saturated heterocycles. The number of nitrogens with zero attached hydrogens (tertiary/aromatic N) is 1. The lowest BCUT2D eigenvalue weighted by Gasteiger charge is -2.42. The molecular formula is C15H19N. The minimum absolute atomic E-state index is 0.235. The van der Waals surface area contributed by atoms with E-state index in [2.05, 4.69) is 56.0 Å². The third-order valence-corrected chi connectivity index (χ3v) is 4.49. The molecule has 2 heterocycles. The number of hydrogen-bond donors (Lipinski definition) is 0. The second-order valence-electron chi connectivity index (χ2n) is 5.41. The Morgan fingerprint density at radius 3 is 2.88 bits per heavy atom. The standard InChI is InChI=1S/C15H19N/c1-11-10-15(3)12(2)8-9-16(15)14-7-5-4-6-13(11)14/h4-7,10,12H,8-9H2,1-3H3/t12-,15-/m1/s1. The summed E-state index contributed by atoms with van der Waals surface area (Å²) < 4.78 is 0. The van der Waals surface area contributed by atoms with Crippen LogP contribution in [0.2, 0.25) is 0 Å². The lowest BCUT2D eigenvalue weighted by atomic mass is 9.82. The van der Waals surface area contributed by atoms with Gasteiger partial charge in [-0.25, -0.2) is 0 Å². The molecule has 0 spiro atoms. The van der Waals surface area contributed by atoms with Crippen LogP contribution in [-0.2, 0) is 0 Å². The molecular weight excluding hydrogens is 194 g/mol. The molecule has 3 rings (SSSR count). The fourth-order valence-corrected chi connectivity index (χ4v) is 3.28. The zero-order valence-electron chi connectivity index (χ0n) is 10.3. The molecule has 0 aliphatic carbocycles. The molecule has 1 nitrogen and oxygen atoms in total. The maximum atomic E-state index is 2.58. The summed E-state index contributed by atoms with van der Waals surface area (Å²) in [5.74, 6) is 0.746. The SMILES string of the molecule is CC1=C[C@]2(C)[C@H](C)CCN2c2ccccc21. The molecule has 0 N–H and O–H groups in total. The quantitative estimate of drug-likeness (QED) is 0.635. The molecule has 1 heteroatoms. The van der Waals surface area contributed by atoms with Gasteiger partial charge in [-0.3, -0.25) is 0 Å². The molecule has 0 radical (unpaired) electrons. The van der Waals surface area contributed by atoms with E-state index in [1.54, 1.807) is 0 Å². The van der Waals surface area contributed by atoms with E-state index in [9.17, 15) is 0 Å². The third-order valence-electron chi connectivity index (χ3n) is 4.49. The highest BCUT2D eigenvalue weighted by molar-refractivity contribution is 5.81. The van der Waals surface area contributed by atoms with Crippen LogP contribution in [-0.4, -0.2) is 12.1 Å². The molecule has 1 fully saturated rings. The lowest BCUT2D eigenvalue weighted by Crippen LogP contribution is -2.45. The molecule has 0 unspecified atom stereocenters. The van der Waals surface area contributed by atoms with Gasteiger partial charge in [-0.15, -0.1) is 0 Å². The van der Waals surface area contributed by atoms with Gasteiger partial charge >= 0.3 is 0 Å². The zero-order chi connectivity index (χ0) is 11.3. The maximum Gasteiger partial charge on any atom is 0.0588 e. The lowest BCUT2D eigenvalue weighted by molar-refractivity contribution is 0.438. The van der Waals surface area contributed by atoms with Gasteiger partial charge in [0.25, 0.3) is 0 Å². The largest absolute Gasteiger partial charge is 0.362 e. The van der Waals surface area contributed by atoms with Gasteiger partial charge in [-0.1, -0.05) is 31.2 Å². The summed E-state index contributed by atoms with van der Waals surface area (Å²) in [6, 6.07) is 8.80. The Labute approximate surface area is 97.8 Å². The number of anilines is 1. The number of allylic oxidation sites excluding steroid dienone is 1. The Morgan fingerprint density at radius 2 is 2.06 bits per heavy atom. The molecule has 0 amide bonds. The smallest absolute Gasteiger partial charge is 0.0588 e. The van der Waals surface area contributed by atoms with Crippen molar-refractivity contribution < 1.29 is 0 Å². The molecule has 2 aliphatic rings. The van der Waals surface area contributed by atoms with Crippen LogP contribution in [0.5, 0.6) is 0 Å². The van der Waals surface area contributed by atoms with Crippen LogP contribution >= 0.6 is 0 Å². The monoisotopic (exact) mass is 213 g/mol. The van der Waals surface area contributed by atoms with Crippen LogP contribution in [0.1, 0.15) is 32.8 Å². The van der Waals surface area contributed by atoms with Gasteiger partial charge in [0, 0.05) is 17.8 Å². The summed E-state index contributed by atoms with van der Waals surface area (Å²) in [5.41, 5.74) is 4.50. The topological polar surface area (TPSA) is 3.24 Å². The fraction of sp³-hybridized carbons (Fsp3) is 0.467. The van der Waals surface area contributed by atoms with Crippen molar-refractivity contribution in [3.8, 4) is 0 Å². The van der Waals surface area contributed by atoms with Crippen molar-refractivity contribution in [2.45, 2.75) is 32.7 Å². The van der Waals surface area contributed by atoms with Gasteiger partial charge in [0.2, 0.25) is 0 Å². The maximum absolute atomic E-state index is 2.58. The van der Waals surface area contributed by atoms with Gasteiger partial charge in [-0.2, -0.15) is 0 Å². The number of hydrogen-bond acceptors (Lipinski definition) is 1. The van der Waals surface area contributed by atoms with Gasteiger partial charge < -0.3 is 4.90 Å². The van der Waals surface area contributed by atoms with Crippen LogP contribution in [0.25, 0.3) is 5.57 Å². The molecule has 2 aliphatic heterocycles. The van der Waals surface area contributed by atoms with Crippen LogP contribution < -0.4 is 4.90 Å². The number of benzene rings is 1. The number of para-hydroxylation sites is 1. The average molecular weight is 213 g/mol. The first kappa shape index (κ1) is 9.95. The summed E-state index contributed by atoms with van der Waals surface area (Å²) >= 11 is 0. The predicted molar refractivity (Wildman–Crippen MR) is 69.6 cm³/mol. The fourth-order valence-electron chi connectivity index (χ4n) is 3.28. The van der Waals surface area contributed by atoms with Crippen molar-refractivity contribution in [1.29, 1.82) is 0 Å². The number of fused-ring (bicyclic) bond motifs is 3. The molecule has 1 aromatic carbocycles. The van der Waals surface area contributed by atoms with Gasteiger partial charge in [0.15, 0.2) is 0 Å². The van der Waals surface area contributed by atoms with Crippen molar-refractivity contribution >= 4 is 11.3 Å². The Morgan fingerprint density at radius 1 is 1.31 bits per heavy atom. The zero-order valence-corrected chi connectivity index (χ0v) is 10.3. The summed E-state index contributed by atoms with van der Waals surface area (Å²) in [6.45, 7) is 8.19. The van der Waals surface area contributed by atoms with Crippen molar-refractivity contribution in [2.75, 3.05) is 11.4 Å². The van der Waals surface area contributed by atoms with Crippen molar-refractivity contribution in [3.63, 3.8) is 0 Å². The molecule has 84 valence electrons. The minimum Gasteiger partial charge on any atom is -0.362 e. The van der Waals surface area contributed by atoms with Gasteiger partial charge in [0.1, 0.15) is 0 Å². The Kier molecular flexibility index (Phi) is 1.95. The summed E-state index contributed by atoms with van der Waals surface area (Å²) in [5, 5.41) is 0. The van der Waals surface area contributed by atoms with E-state index in [0.29, 0.717) is 0 Å². The Balaban J connectivity index is 2.21.